The molecule has 26 heavy (non-hydrogen) atoms. The van der Waals surface area contributed by atoms with E-state index < -0.39 is 0 Å². The molecule has 5 aliphatic heterocycles. The highest BCUT2D eigenvalue weighted by Gasteiger charge is 2.78. The van der Waals surface area contributed by atoms with Crippen molar-refractivity contribution in [3.8, 4) is 0 Å². The molecule has 5 nitrogen and oxygen atoms in total. The number of ether oxygens (including phenoxy) is 1. The van der Waals surface area contributed by atoms with E-state index in [1.54, 1.807) is 0 Å². The highest BCUT2D eigenvalue weighted by Crippen LogP contribution is 2.68. The average molecular weight is 350 g/mol. The van der Waals surface area contributed by atoms with Crippen molar-refractivity contribution in [2.75, 3.05) is 6.54 Å². The summed E-state index contributed by atoms with van der Waals surface area (Å²) in [5, 5.41) is 14.1. The third-order valence-electron chi connectivity index (χ3n) is 7.81. The molecule has 134 valence electrons. The third-order valence-corrected chi connectivity index (χ3v) is 7.81. The average Bonchev–Trinajstić information content (AvgIpc) is 3.08. The normalized spacial score (nSPS) is 47.7. The van der Waals surface area contributed by atoms with Crippen molar-refractivity contribution in [1.29, 1.82) is 0 Å². The van der Waals surface area contributed by atoms with Gasteiger partial charge in [0.25, 0.3) is 0 Å². The van der Waals surface area contributed by atoms with Gasteiger partial charge in [0.2, 0.25) is 0 Å². The molecule has 0 N–H and O–H groups in total. The van der Waals surface area contributed by atoms with Crippen molar-refractivity contribution in [1.82, 2.24) is 0 Å². The summed E-state index contributed by atoms with van der Waals surface area (Å²) in [4.78, 5) is 17.0. The molecule has 5 heterocycles. The number of benzene rings is 1. The Balaban J connectivity index is 1.64. The predicted octanol–water partition coefficient (Wildman–Crippen LogP) is 3.01. The summed E-state index contributed by atoms with van der Waals surface area (Å²) in [6.45, 7) is 4.09. The Bertz CT molecular complexity index is 922. The lowest BCUT2D eigenvalue weighted by Crippen LogP contribution is -2.73. The molecule has 1 aliphatic carbocycles. The number of fused-ring (bicyclic) bond motifs is 2. The first-order valence-electron chi connectivity index (χ1n) is 9.60. The van der Waals surface area contributed by atoms with Gasteiger partial charge >= 0.3 is 5.97 Å². The molecule has 1 aromatic carbocycles. The number of para-hydroxylation sites is 1. The Kier molecular flexibility index (Phi) is 2.59. The van der Waals surface area contributed by atoms with Crippen LogP contribution in [0.5, 0.6) is 0 Å². The molecule has 0 aromatic heterocycles. The second kappa shape index (κ2) is 4.46. The standard InChI is InChI=1S/C21H22N2O3/c1-3-12-10-23(25)16-8-13(12)18-17(23)9-21(20(18)26-11(2)24)14-6-4-5-7-15(14)22-19(16)21/h3-7,13,16-18,20H,8-10H2,1-2H3/b12-3-/t13?,16-,17+,18?,20?,21+,23?/m0/s1. The number of carbonyl (C=O) groups excluding carboxylic acids is 1. The van der Waals surface area contributed by atoms with Crippen LogP contribution >= 0.6 is 0 Å². The fourth-order valence-corrected chi connectivity index (χ4v) is 7.06. The van der Waals surface area contributed by atoms with Crippen molar-refractivity contribution in [3.05, 3.63) is 46.7 Å². The van der Waals surface area contributed by atoms with Crippen LogP contribution in [0, 0.1) is 17.0 Å². The van der Waals surface area contributed by atoms with E-state index >= 15 is 0 Å². The highest BCUT2D eigenvalue weighted by atomic mass is 16.6. The fraction of sp³-hybridized carbons (Fsp3) is 0.524. The smallest absolute Gasteiger partial charge is 0.302 e. The molecule has 1 saturated carbocycles. The molecule has 4 unspecified atom stereocenters. The van der Waals surface area contributed by atoms with Gasteiger partial charge in [0.1, 0.15) is 18.7 Å². The summed E-state index contributed by atoms with van der Waals surface area (Å²) in [5.74, 6) is 0.189. The van der Waals surface area contributed by atoms with E-state index in [1.165, 1.54) is 12.5 Å². The van der Waals surface area contributed by atoms with E-state index in [4.69, 9.17) is 9.73 Å². The van der Waals surface area contributed by atoms with Crippen LogP contribution in [0.2, 0.25) is 0 Å². The Morgan fingerprint density at radius 2 is 2.23 bits per heavy atom. The van der Waals surface area contributed by atoms with Gasteiger partial charge in [-0.3, -0.25) is 9.79 Å². The van der Waals surface area contributed by atoms with Crippen LogP contribution in [0.4, 0.5) is 5.69 Å². The number of rotatable bonds is 1. The van der Waals surface area contributed by atoms with Crippen LogP contribution in [-0.4, -0.2) is 41.1 Å². The van der Waals surface area contributed by atoms with Gasteiger partial charge in [0.15, 0.2) is 0 Å². The summed E-state index contributed by atoms with van der Waals surface area (Å²) < 4.78 is 5.82. The monoisotopic (exact) mass is 350 g/mol. The maximum absolute atomic E-state index is 14.1. The lowest BCUT2D eigenvalue weighted by Gasteiger charge is -2.65. The fourth-order valence-electron chi connectivity index (χ4n) is 7.06. The third kappa shape index (κ3) is 1.41. The summed E-state index contributed by atoms with van der Waals surface area (Å²) in [5.41, 5.74) is 3.99. The number of quaternary nitrogens is 1. The number of hydroxylamine groups is 3. The van der Waals surface area contributed by atoms with Gasteiger partial charge in [-0.2, -0.15) is 0 Å². The quantitative estimate of drug-likeness (QED) is 0.338. The van der Waals surface area contributed by atoms with Gasteiger partial charge in [0.05, 0.1) is 28.8 Å². The van der Waals surface area contributed by atoms with Crippen LogP contribution in [0.25, 0.3) is 0 Å². The summed E-state index contributed by atoms with van der Waals surface area (Å²) >= 11 is 0. The maximum Gasteiger partial charge on any atom is 0.302 e. The number of nitrogens with zero attached hydrogens (tertiary/aromatic N) is 2. The molecule has 5 heteroatoms. The van der Waals surface area contributed by atoms with Crippen molar-refractivity contribution >= 4 is 17.4 Å². The zero-order chi connectivity index (χ0) is 17.8. The zero-order valence-electron chi connectivity index (χ0n) is 15.0. The maximum atomic E-state index is 14.1. The van der Waals surface area contributed by atoms with Crippen molar-refractivity contribution < 1.29 is 14.2 Å². The molecular weight excluding hydrogens is 328 g/mol. The second-order valence-corrected chi connectivity index (χ2v) is 8.60. The minimum Gasteiger partial charge on any atom is -0.632 e. The van der Waals surface area contributed by atoms with Gasteiger partial charge < -0.3 is 14.6 Å². The molecule has 5 fully saturated rings. The van der Waals surface area contributed by atoms with Crippen molar-refractivity contribution in [2.24, 2.45) is 16.8 Å². The van der Waals surface area contributed by atoms with Crippen LogP contribution in [0.15, 0.2) is 40.9 Å². The first kappa shape index (κ1) is 15.1. The molecular formula is C21H22N2O3. The zero-order valence-corrected chi connectivity index (χ0v) is 15.0. The SMILES string of the molecule is C/C=C1/C[N+]2([O-])[C@@H]3C[C@]45C(=Nc6ccccc64)[C@@H]2CC1C3C5OC(C)=O. The second-order valence-electron chi connectivity index (χ2n) is 8.60. The number of allylic oxidation sites excluding steroid dienone is 1. The number of hydrogen-bond donors (Lipinski definition) is 0. The Labute approximate surface area is 152 Å². The molecule has 4 saturated heterocycles. The van der Waals surface area contributed by atoms with Crippen LogP contribution in [-0.2, 0) is 14.9 Å². The van der Waals surface area contributed by atoms with Crippen molar-refractivity contribution in [3.63, 3.8) is 0 Å². The number of esters is 1. The van der Waals surface area contributed by atoms with Gasteiger partial charge in [-0.1, -0.05) is 24.3 Å². The minimum absolute atomic E-state index is 0.0110. The van der Waals surface area contributed by atoms with E-state index in [2.05, 4.69) is 12.1 Å². The summed E-state index contributed by atoms with van der Waals surface area (Å²) in [6.07, 6.45) is 3.45. The van der Waals surface area contributed by atoms with E-state index in [9.17, 15) is 10.0 Å². The van der Waals surface area contributed by atoms with Crippen molar-refractivity contribution in [2.45, 2.75) is 50.3 Å². The summed E-state index contributed by atoms with van der Waals surface area (Å²) in [6, 6.07) is 8.10. The number of hydrogen-bond acceptors (Lipinski definition) is 4. The van der Waals surface area contributed by atoms with E-state index in [0.29, 0.717) is 12.5 Å². The molecule has 1 aromatic rings. The first-order valence-corrected chi connectivity index (χ1v) is 9.60. The molecule has 7 atom stereocenters. The number of piperidine rings is 4. The lowest BCUT2D eigenvalue weighted by molar-refractivity contribution is -0.934. The Morgan fingerprint density at radius 1 is 1.42 bits per heavy atom. The van der Waals surface area contributed by atoms with Crippen LogP contribution in [0.3, 0.4) is 0 Å². The largest absolute Gasteiger partial charge is 0.632 e. The Hall–Kier alpha value is -1.98. The molecule has 5 bridgehead atoms. The number of aliphatic imine (C=N–C) groups is 1. The molecule has 0 amide bonds. The molecule has 7 rings (SSSR count). The van der Waals surface area contributed by atoms with E-state index in [0.717, 1.165) is 29.8 Å². The first-order chi connectivity index (χ1) is 12.5. The predicted molar refractivity (Wildman–Crippen MR) is 96.8 cm³/mol. The van der Waals surface area contributed by atoms with Gasteiger partial charge in [-0.25, -0.2) is 0 Å². The molecule has 1 spiro atoms. The Morgan fingerprint density at radius 3 is 3.00 bits per heavy atom. The van der Waals surface area contributed by atoms with Crippen LogP contribution < -0.4 is 0 Å². The van der Waals surface area contributed by atoms with Gasteiger partial charge in [-0.05, 0) is 24.1 Å². The lowest BCUT2D eigenvalue weighted by atomic mass is 9.66. The van der Waals surface area contributed by atoms with E-state index in [1.807, 2.05) is 25.1 Å². The summed E-state index contributed by atoms with van der Waals surface area (Å²) in [7, 11) is 0. The highest BCUT2D eigenvalue weighted by molar-refractivity contribution is 6.07. The van der Waals surface area contributed by atoms with Gasteiger partial charge in [0, 0.05) is 25.7 Å². The minimum atomic E-state index is -0.383. The van der Waals surface area contributed by atoms with Gasteiger partial charge in [-0.15, -0.1) is 0 Å². The van der Waals surface area contributed by atoms with E-state index in [-0.39, 0.29) is 40.1 Å². The number of carbonyl (C=O) groups is 1. The molecule has 6 aliphatic rings. The molecule has 0 radical (unpaired) electrons. The topological polar surface area (TPSA) is 61.7 Å². The van der Waals surface area contributed by atoms with Crippen LogP contribution in [0.1, 0.15) is 32.3 Å².